The average molecular weight is 181 g/mol. The minimum atomic E-state index is 0.139. The minimum absolute atomic E-state index is 0.139. The van der Waals surface area contributed by atoms with Crippen LogP contribution in [0.5, 0.6) is 5.88 Å². The summed E-state index contributed by atoms with van der Waals surface area (Å²) in [6.45, 7) is 1.61. The van der Waals surface area contributed by atoms with Gasteiger partial charge in [-0.3, -0.25) is 0 Å². The van der Waals surface area contributed by atoms with Gasteiger partial charge in [0, 0.05) is 12.3 Å². The number of rotatable bonds is 3. The lowest BCUT2D eigenvalue weighted by atomic mass is 10.3. The lowest BCUT2D eigenvalue weighted by Crippen LogP contribution is -2.38. The van der Waals surface area contributed by atoms with Gasteiger partial charge in [0.05, 0.1) is 19.8 Å². The van der Waals surface area contributed by atoms with Crippen molar-refractivity contribution >= 4 is 0 Å². The molecule has 2 heterocycles. The molecule has 1 aliphatic heterocycles. The molecular weight excluding hydrogens is 170 g/mol. The molecule has 1 fully saturated rings. The number of hydrogen-bond acceptors (Lipinski definition) is 5. The SMILES string of the molecule is NCc1nccc(OC2COC2)n1. The van der Waals surface area contributed by atoms with E-state index in [0.717, 1.165) is 0 Å². The van der Waals surface area contributed by atoms with Gasteiger partial charge in [0.15, 0.2) is 0 Å². The zero-order valence-corrected chi connectivity index (χ0v) is 7.14. The predicted octanol–water partition coefficient (Wildman–Crippen LogP) is -0.287. The fourth-order valence-electron chi connectivity index (χ4n) is 0.997. The van der Waals surface area contributed by atoms with Crippen LogP contribution in [0.3, 0.4) is 0 Å². The van der Waals surface area contributed by atoms with Gasteiger partial charge in [0.1, 0.15) is 11.9 Å². The van der Waals surface area contributed by atoms with Gasteiger partial charge in [-0.1, -0.05) is 0 Å². The number of ether oxygens (including phenoxy) is 2. The zero-order chi connectivity index (χ0) is 9.10. The van der Waals surface area contributed by atoms with E-state index in [1.807, 2.05) is 0 Å². The molecule has 5 nitrogen and oxygen atoms in total. The van der Waals surface area contributed by atoms with Gasteiger partial charge in [-0.2, -0.15) is 4.98 Å². The fourth-order valence-corrected chi connectivity index (χ4v) is 0.997. The molecule has 1 saturated heterocycles. The van der Waals surface area contributed by atoms with Crippen molar-refractivity contribution in [1.29, 1.82) is 0 Å². The first-order chi connectivity index (χ1) is 6.38. The smallest absolute Gasteiger partial charge is 0.217 e. The summed E-state index contributed by atoms with van der Waals surface area (Å²) in [6.07, 6.45) is 1.78. The molecule has 1 aromatic heterocycles. The number of hydrogen-bond donors (Lipinski definition) is 1. The minimum Gasteiger partial charge on any atom is -0.469 e. The van der Waals surface area contributed by atoms with Crippen LogP contribution in [-0.4, -0.2) is 29.3 Å². The standard InChI is InChI=1S/C8H11N3O2/c9-3-7-10-2-1-8(11-7)13-6-4-12-5-6/h1-2,6H,3-5,9H2. The van der Waals surface area contributed by atoms with E-state index in [1.165, 1.54) is 0 Å². The summed E-state index contributed by atoms with van der Waals surface area (Å²) < 4.78 is 10.4. The third kappa shape index (κ3) is 1.93. The molecule has 0 aliphatic carbocycles. The Morgan fingerprint density at radius 1 is 1.62 bits per heavy atom. The molecule has 0 unspecified atom stereocenters. The lowest BCUT2D eigenvalue weighted by Gasteiger charge is -2.25. The molecule has 1 aromatic rings. The third-order valence-corrected chi connectivity index (χ3v) is 1.76. The summed E-state index contributed by atoms with van der Waals surface area (Å²) in [5, 5.41) is 0. The highest BCUT2D eigenvalue weighted by Gasteiger charge is 2.20. The lowest BCUT2D eigenvalue weighted by molar-refractivity contribution is -0.0814. The quantitative estimate of drug-likeness (QED) is 0.694. The molecule has 0 radical (unpaired) electrons. The van der Waals surface area contributed by atoms with Crippen LogP contribution in [0.1, 0.15) is 5.82 Å². The Morgan fingerprint density at radius 3 is 3.08 bits per heavy atom. The zero-order valence-electron chi connectivity index (χ0n) is 7.14. The molecule has 2 rings (SSSR count). The monoisotopic (exact) mass is 181 g/mol. The molecular formula is C8H11N3O2. The molecule has 0 amide bonds. The van der Waals surface area contributed by atoms with E-state index < -0.39 is 0 Å². The first kappa shape index (κ1) is 8.40. The molecule has 0 spiro atoms. The maximum Gasteiger partial charge on any atom is 0.217 e. The van der Waals surface area contributed by atoms with Crippen molar-refractivity contribution < 1.29 is 9.47 Å². The largest absolute Gasteiger partial charge is 0.469 e. The van der Waals surface area contributed by atoms with E-state index in [-0.39, 0.29) is 6.10 Å². The molecule has 70 valence electrons. The van der Waals surface area contributed by atoms with E-state index in [4.69, 9.17) is 15.2 Å². The Bertz CT molecular complexity index is 288. The van der Waals surface area contributed by atoms with Gasteiger partial charge in [-0.05, 0) is 0 Å². The molecule has 13 heavy (non-hydrogen) atoms. The Hall–Kier alpha value is -1.20. The second-order valence-electron chi connectivity index (χ2n) is 2.79. The molecule has 2 N–H and O–H groups in total. The molecule has 0 saturated carbocycles. The topological polar surface area (TPSA) is 70.3 Å². The Balaban J connectivity index is 2.01. The van der Waals surface area contributed by atoms with Crippen LogP contribution in [-0.2, 0) is 11.3 Å². The highest BCUT2D eigenvalue weighted by molar-refractivity contribution is 5.09. The summed E-state index contributed by atoms with van der Waals surface area (Å²) in [6, 6.07) is 1.72. The van der Waals surface area contributed by atoms with Crippen LogP contribution in [0.25, 0.3) is 0 Å². The summed E-state index contributed by atoms with van der Waals surface area (Å²) in [5.74, 6) is 1.17. The van der Waals surface area contributed by atoms with E-state index in [0.29, 0.717) is 31.5 Å². The van der Waals surface area contributed by atoms with Crippen molar-refractivity contribution in [2.24, 2.45) is 5.73 Å². The van der Waals surface area contributed by atoms with Crippen molar-refractivity contribution in [2.45, 2.75) is 12.6 Å². The molecule has 0 bridgehead atoms. The van der Waals surface area contributed by atoms with Crippen LogP contribution in [0.15, 0.2) is 12.3 Å². The van der Waals surface area contributed by atoms with Gasteiger partial charge in [0.2, 0.25) is 5.88 Å². The second-order valence-corrected chi connectivity index (χ2v) is 2.79. The average Bonchev–Trinajstić information content (AvgIpc) is 2.12. The van der Waals surface area contributed by atoms with Crippen molar-refractivity contribution in [1.82, 2.24) is 9.97 Å². The number of aromatic nitrogens is 2. The van der Waals surface area contributed by atoms with Crippen LogP contribution < -0.4 is 10.5 Å². The molecule has 0 aromatic carbocycles. The summed E-state index contributed by atoms with van der Waals surface area (Å²) in [7, 11) is 0. The van der Waals surface area contributed by atoms with E-state index in [9.17, 15) is 0 Å². The Morgan fingerprint density at radius 2 is 2.46 bits per heavy atom. The maximum atomic E-state index is 5.46. The molecule has 0 atom stereocenters. The van der Waals surface area contributed by atoms with Crippen molar-refractivity contribution in [2.75, 3.05) is 13.2 Å². The van der Waals surface area contributed by atoms with E-state index in [2.05, 4.69) is 9.97 Å². The van der Waals surface area contributed by atoms with Gasteiger partial charge in [-0.25, -0.2) is 4.98 Å². The number of nitrogens with zero attached hydrogens (tertiary/aromatic N) is 2. The Kier molecular flexibility index (Phi) is 2.37. The van der Waals surface area contributed by atoms with Crippen LogP contribution in [0.4, 0.5) is 0 Å². The van der Waals surface area contributed by atoms with E-state index in [1.54, 1.807) is 12.3 Å². The number of nitrogens with two attached hydrogens (primary N) is 1. The van der Waals surface area contributed by atoms with Crippen molar-refractivity contribution in [3.63, 3.8) is 0 Å². The van der Waals surface area contributed by atoms with Crippen molar-refractivity contribution in [3.8, 4) is 5.88 Å². The summed E-state index contributed by atoms with van der Waals surface area (Å²) >= 11 is 0. The van der Waals surface area contributed by atoms with Crippen LogP contribution >= 0.6 is 0 Å². The first-order valence-corrected chi connectivity index (χ1v) is 4.15. The highest BCUT2D eigenvalue weighted by Crippen LogP contribution is 2.12. The van der Waals surface area contributed by atoms with Crippen LogP contribution in [0.2, 0.25) is 0 Å². The molecule has 5 heteroatoms. The van der Waals surface area contributed by atoms with Crippen molar-refractivity contribution in [3.05, 3.63) is 18.1 Å². The maximum absolute atomic E-state index is 5.46. The van der Waals surface area contributed by atoms with Gasteiger partial charge < -0.3 is 15.2 Å². The first-order valence-electron chi connectivity index (χ1n) is 4.15. The fraction of sp³-hybridized carbons (Fsp3) is 0.500. The normalized spacial score (nSPS) is 16.7. The van der Waals surface area contributed by atoms with E-state index >= 15 is 0 Å². The van der Waals surface area contributed by atoms with Gasteiger partial charge in [0.25, 0.3) is 0 Å². The van der Waals surface area contributed by atoms with Crippen LogP contribution in [0, 0.1) is 0 Å². The highest BCUT2D eigenvalue weighted by atomic mass is 16.6. The van der Waals surface area contributed by atoms with Gasteiger partial charge >= 0.3 is 0 Å². The van der Waals surface area contributed by atoms with Gasteiger partial charge in [-0.15, -0.1) is 0 Å². The molecule has 1 aliphatic rings. The second kappa shape index (κ2) is 3.68. The third-order valence-electron chi connectivity index (χ3n) is 1.76. The predicted molar refractivity (Wildman–Crippen MR) is 45.2 cm³/mol. The summed E-state index contributed by atoms with van der Waals surface area (Å²) in [4.78, 5) is 8.06. The summed E-state index contributed by atoms with van der Waals surface area (Å²) in [5.41, 5.74) is 5.39. The Labute approximate surface area is 75.9 Å².